The second kappa shape index (κ2) is 21.4. The highest BCUT2D eigenvalue weighted by Gasteiger charge is 2.47. The average Bonchev–Trinajstić information content (AvgIpc) is 3.81. The maximum atomic E-state index is 5.74. The molecule has 0 aliphatic heterocycles. The quantitative estimate of drug-likeness (QED) is 0.154. The van der Waals surface area contributed by atoms with Crippen LogP contribution in [0, 0.1) is 44.4 Å². The van der Waals surface area contributed by atoms with Crippen molar-refractivity contribution in [3.8, 4) is 11.6 Å². The van der Waals surface area contributed by atoms with Gasteiger partial charge in [-0.3, -0.25) is 4.98 Å². The van der Waals surface area contributed by atoms with Gasteiger partial charge in [0.25, 0.3) is 0 Å². The first-order chi connectivity index (χ1) is 24.7. The van der Waals surface area contributed by atoms with Gasteiger partial charge in [-0.15, -0.1) is 0 Å². The minimum Gasteiger partial charge on any atom is -0.494 e. The van der Waals surface area contributed by atoms with Gasteiger partial charge in [0, 0.05) is 34.6 Å². The average molecular weight is 728 g/mol. The Morgan fingerprint density at radius 3 is 1.77 bits per heavy atom. The van der Waals surface area contributed by atoms with Crippen molar-refractivity contribution >= 4 is 11.6 Å². The number of halogens is 1. The second-order valence-electron chi connectivity index (χ2n) is 16.3. The maximum absolute atomic E-state index is 5.74. The van der Waals surface area contributed by atoms with Gasteiger partial charge in [0.15, 0.2) is 0 Å². The Bertz CT molecular complexity index is 1520. The van der Waals surface area contributed by atoms with Crippen LogP contribution in [-0.4, -0.2) is 23.2 Å². The third-order valence-corrected chi connectivity index (χ3v) is 10.4. The Balaban J connectivity index is 0.000000187. The predicted molar refractivity (Wildman–Crippen MR) is 222 cm³/mol. The maximum Gasteiger partial charge on any atom is 0.213 e. The van der Waals surface area contributed by atoms with E-state index in [1.54, 1.807) is 11.1 Å². The number of benzene rings is 2. The molecule has 1 unspecified atom stereocenters. The van der Waals surface area contributed by atoms with Gasteiger partial charge < -0.3 is 9.47 Å². The number of hydrogen-bond acceptors (Lipinski definition) is 4. The van der Waals surface area contributed by atoms with Gasteiger partial charge in [-0.2, -0.15) is 0 Å². The zero-order valence-corrected chi connectivity index (χ0v) is 34.9. The van der Waals surface area contributed by atoms with Crippen LogP contribution in [0.25, 0.3) is 0 Å². The Labute approximate surface area is 322 Å². The smallest absolute Gasteiger partial charge is 0.213 e. The number of nitrogens with zero attached hydrogens (tertiary/aromatic N) is 2. The van der Waals surface area contributed by atoms with Crippen LogP contribution < -0.4 is 9.47 Å². The van der Waals surface area contributed by atoms with Crippen LogP contribution in [0.2, 0.25) is 5.02 Å². The summed E-state index contributed by atoms with van der Waals surface area (Å²) < 4.78 is 11.0. The van der Waals surface area contributed by atoms with Crippen molar-refractivity contribution < 1.29 is 9.47 Å². The topological polar surface area (TPSA) is 44.2 Å². The molecule has 0 amide bonds. The summed E-state index contributed by atoms with van der Waals surface area (Å²) in [7, 11) is 0. The van der Waals surface area contributed by atoms with Gasteiger partial charge >= 0.3 is 0 Å². The van der Waals surface area contributed by atoms with Gasteiger partial charge in [0.1, 0.15) is 5.75 Å². The molecule has 2 aliphatic rings. The van der Waals surface area contributed by atoms with Crippen molar-refractivity contribution in [1.82, 2.24) is 9.97 Å². The molecule has 0 spiro atoms. The second-order valence-corrected chi connectivity index (χ2v) is 16.7. The van der Waals surface area contributed by atoms with Crippen molar-refractivity contribution in [2.24, 2.45) is 23.7 Å². The normalized spacial score (nSPS) is 15.2. The first kappa shape index (κ1) is 43.0. The van der Waals surface area contributed by atoms with Crippen molar-refractivity contribution in [3.05, 3.63) is 118 Å². The zero-order valence-electron chi connectivity index (χ0n) is 34.1. The van der Waals surface area contributed by atoms with E-state index < -0.39 is 0 Å². The highest BCUT2D eigenvalue weighted by Crippen LogP contribution is 2.52. The lowest BCUT2D eigenvalue weighted by Gasteiger charge is -2.18. The molecule has 1 fully saturated rings. The molecule has 0 bridgehead atoms. The lowest BCUT2D eigenvalue weighted by atomic mass is 9.88. The fourth-order valence-corrected chi connectivity index (χ4v) is 6.48. The van der Waals surface area contributed by atoms with Crippen LogP contribution in [0.5, 0.6) is 11.6 Å². The lowest BCUT2D eigenvalue weighted by Crippen LogP contribution is -2.16. The standard InChI is InChI=1S/C13H18.C12H17N.C11H15ClO.C11H17NO/c1-9(2)12-7-6-11-5-4-10(3)8-13(11)12;1-9(2)12(6-7-12)11-5-4-10(3)8-13-11;1-9(2)7-8-13-11-5-3-10(12)4-6-11;1-9(2)6-7-13-11-5-4-10(3)8-12-11/h4-5,8-9,12H,6-7H2,1-3H3;4-5,8-9H,6-7H2,1-3H3;3-6,9H,7-8H2,1-2H3;4-5,8-9H,6-7H2,1-3H3. The van der Waals surface area contributed by atoms with E-state index >= 15 is 0 Å². The number of aromatic nitrogens is 2. The molecule has 2 aromatic heterocycles. The molecule has 52 heavy (non-hydrogen) atoms. The summed E-state index contributed by atoms with van der Waals surface area (Å²) >= 11 is 5.74. The van der Waals surface area contributed by atoms with Crippen LogP contribution in [0.1, 0.15) is 127 Å². The fourth-order valence-electron chi connectivity index (χ4n) is 6.35. The monoisotopic (exact) mass is 726 g/mol. The van der Waals surface area contributed by atoms with Crippen LogP contribution in [0.15, 0.2) is 79.1 Å². The van der Waals surface area contributed by atoms with Crippen LogP contribution >= 0.6 is 11.6 Å². The summed E-state index contributed by atoms with van der Waals surface area (Å²) in [6.45, 7) is 25.8. The molecule has 2 aromatic carbocycles. The molecule has 2 heterocycles. The van der Waals surface area contributed by atoms with Crippen molar-refractivity contribution in [2.45, 2.75) is 126 Å². The Morgan fingerprint density at radius 2 is 1.27 bits per heavy atom. The number of ether oxygens (including phenoxy) is 2. The molecular formula is C47H67ClN2O2. The summed E-state index contributed by atoms with van der Waals surface area (Å²) in [5.74, 6) is 5.33. The summed E-state index contributed by atoms with van der Waals surface area (Å²) in [6, 6.07) is 22.7. The molecule has 1 atom stereocenters. The SMILES string of the molecule is CC(C)CCOc1ccc(Cl)cc1.Cc1ccc(C2(C(C)C)CC2)nc1.Cc1ccc(OCCC(C)C)nc1.Cc1ccc2c(c1)C(C(C)C)CC2. The molecule has 284 valence electrons. The van der Waals surface area contributed by atoms with Gasteiger partial charge in [-0.1, -0.05) is 103 Å². The highest BCUT2D eigenvalue weighted by molar-refractivity contribution is 6.30. The molecule has 1 saturated carbocycles. The van der Waals surface area contributed by atoms with Crippen LogP contribution in [0.4, 0.5) is 0 Å². The van der Waals surface area contributed by atoms with Crippen LogP contribution in [-0.2, 0) is 11.8 Å². The molecule has 6 rings (SSSR count). The Morgan fingerprint density at radius 1 is 0.692 bits per heavy atom. The molecule has 5 heteroatoms. The third kappa shape index (κ3) is 14.6. The molecule has 4 nitrogen and oxygen atoms in total. The predicted octanol–water partition coefficient (Wildman–Crippen LogP) is 13.3. The number of hydrogen-bond donors (Lipinski definition) is 0. The van der Waals surface area contributed by atoms with E-state index in [2.05, 4.69) is 110 Å². The van der Waals surface area contributed by atoms with E-state index in [1.807, 2.05) is 55.7 Å². The number of pyridine rings is 2. The van der Waals surface area contributed by atoms with Crippen molar-refractivity contribution in [2.75, 3.05) is 13.2 Å². The number of rotatable bonds is 11. The van der Waals surface area contributed by atoms with E-state index in [0.717, 1.165) is 66.0 Å². The Kier molecular flexibility index (Phi) is 17.7. The molecule has 0 saturated heterocycles. The fraction of sp³-hybridized carbons (Fsp3) is 0.532. The summed E-state index contributed by atoms with van der Waals surface area (Å²) in [5, 5.41) is 0.746. The molecule has 2 aliphatic carbocycles. The lowest BCUT2D eigenvalue weighted by molar-refractivity contribution is 0.279. The third-order valence-electron chi connectivity index (χ3n) is 10.2. The van der Waals surface area contributed by atoms with Crippen LogP contribution in [0.3, 0.4) is 0 Å². The van der Waals surface area contributed by atoms with Crippen molar-refractivity contribution in [1.29, 1.82) is 0 Å². The van der Waals surface area contributed by atoms with E-state index in [0.29, 0.717) is 17.3 Å². The van der Waals surface area contributed by atoms with E-state index in [9.17, 15) is 0 Å². The largest absolute Gasteiger partial charge is 0.494 e. The van der Waals surface area contributed by atoms with Crippen molar-refractivity contribution in [3.63, 3.8) is 0 Å². The van der Waals surface area contributed by atoms with Gasteiger partial charge in [-0.25, -0.2) is 4.98 Å². The first-order valence-corrected chi connectivity index (χ1v) is 20.0. The number of aryl methyl sites for hydroxylation is 4. The van der Waals surface area contributed by atoms with Gasteiger partial charge in [0.2, 0.25) is 5.88 Å². The molecule has 4 aromatic rings. The molecule has 0 N–H and O–H groups in total. The van der Waals surface area contributed by atoms with E-state index in [1.165, 1.54) is 42.5 Å². The van der Waals surface area contributed by atoms with E-state index in [-0.39, 0.29) is 0 Å². The summed E-state index contributed by atoms with van der Waals surface area (Å²) in [5.41, 5.74) is 8.76. The molecular weight excluding hydrogens is 660 g/mol. The van der Waals surface area contributed by atoms with Gasteiger partial charge in [0.05, 0.1) is 13.2 Å². The minimum atomic E-state index is 0.424. The van der Waals surface area contributed by atoms with E-state index in [4.69, 9.17) is 21.1 Å². The number of fused-ring (bicyclic) bond motifs is 1. The van der Waals surface area contributed by atoms with Gasteiger partial charge in [-0.05, 0) is 141 Å². The Hall–Kier alpha value is -3.37. The highest BCUT2D eigenvalue weighted by atomic mass is 35.5. The first-order valence-electron chi connectivity index (χ1n) is 19.7. The summed E-state index contributed by atoms with van der Waals surface area (Å²) in [6.07, 6.45) is 11.3. The minimum absolute atomic E-state index is 0.424. The molecule has 0 radical (unpaired) electrons. The zero-order chi connectivity index (χ0) is 38.3. The summed E-state index contributed by atoms with van der Waals surface area (Å²) in [4.78, 5) is 8.69.